The Kier molecular flexibility index (Phi) is 4.81. The van der Waals surface area contributed by atoms with E-state index in [-0.39, 0.29) is 23.3 Å². The van der Waals surface area contributed by atoms with Gasteiger partial charge in [-0.15, -0.1) is 0 Å². The van der Waals surface area contributed by atoms with Gasteiger partial charge in [-0.05, 0) is 49.2 Å². The van der Waals surface area contributed by atoms with Gasteiger partial charge in [0.25, 0.3) is 5.91 Å². The second-order valence-corrected chi connectivity index (χ2v) is 5.14. The molecule has 1 amide bonds. The van der Waals surface area contributed by atoms with Gasteiger partial charge in [0, 0.05) is 5.69 Å². The number of halogens is 2. The van der Waals surface area contributed by atoms with Gasteiger partial charge in [-0.3, -0.25) is 4.79 Å². The van der Waals surface area contributed by atoms with Crippen molar-refractivity contribution in [3.63, 3.8) is 0 Å². The molecule has 2 aromatic carbocycles. The molecule has 1 N–H and O–H groups in total. The minimum atomic E-state index is -0.452. The van der Waals surface area contributed by atoms with Crippen LogP contribution in [0.4, 0.5) is 10.1 Å². The fourth-order valence-corrected chi connectivity index (χ4v) is 2.01. The maximum atomic E-state index is 12.9. The van der Waals surface area contributed by atoms with Crippen LogP contribution in [0.1, 0.15) is 11.1 Å². The summed E-state index contributed by atoms with van der Waals surface area (Å²) in [5.41, 5.74) is 2.76. The summed E-state index contributed by atoms with van der Waals surface area (Å²) < 4.78 is 18.2. The third-order valence-electron chi connectivity index (χ3n) is 2.92. The first-order valence-corrected chi connectivity index (χ1v) is 6.78. The Morgan fingerprint density at radius 1 is 1.24 bits per heavy atom. The summed E-state index contributed by atoms with van der Waals surface area (Å²) in [7, 11) is 0. The minimum Gasteiger partial charge on any atom is -0.482 e. The van der Waals surface area contributed by atoms with Crippen molar-refractivity contribution >= 4 is 23.2 Å². The first kappa shape index (κ1) is 15.3. The summed E-state index contributed by atoms with van der Waals surface area (Å²) in [6, 6.07) is 9.55. The highest BCUT2D eigenvalue weighted by atomic mass is 35.5. The summed E-state index contributed by atoms with van der Waals surface area (Å²) in [6.45, 7) is 3.66. The van der Waals surface area contributed by atoms with Gasteiger partial charge < -0.3 is 10.1 Å². The SMILES string of the molecule is Cc1ccc(C)c(NC(=O)COc2ccc(F)cc2Cl)c1. The van der Waals surface area contributed by atoms with Crippen molar-refractivity contribution in [1.29, 1.82) is 0 Å². The maximum absolute atomic E-state index is 12.9. The third-order valence-corrected chi connectivity index (χ3v) is 3.22. The van der Waals surface area contributed by atoms with Gasteiger partial charge in [-0.1, -0.05) is 23.7 Å². The summed E-state index contributed by atoms with van der Waals surface area (Å²) in [6.07, 6.45) is 0. The van der Waals surface area contributed by atoms with Crippen molar-refractivity contribution in [2.24, 2.45) is 0 Å². The lowest BCUT2D eigenvalue weighted by molar-refractivity contribution is -0.118. The number of anilines is 1. The molecule has 0 atom stereocenters. The Labute approximate surface area is 127 Å². The molecule has 0 spiro atoms. The van der Waals surface area contributed by atoms with Crippen molar-refractivity contribution < 1.29 is 13.9 Å². The van der Waals surface area contributed by atoms with Crippen molar-refractivity contribution in [2.75, 3.05) is 11.9 Å². The molecule has 0 aliphatic rings. The molecule has 2 aromatic rings. The van der Waals surface area contributed by atoms with Crippen LogP contribution in [0.5, 0.6) is 5.75 Å². The zero-order valence-corrected chi connectivity index (χ0v) is 12.5. The van der Waals surface area contributed by atoms with E-state index in [0.717, 1.165) is 22.9 Å². The first-order chi connectivity index (χ1) is 9.95. The standard InChI is InChI=1S/C16H15ClFNO2/c1-10-3-4-11(2)14(7-10)19-16(20)9-21-15-6-5-12(18)8-13(15)17/h3-8H,9H2,1-2H3,(H,19,20). The molecule has 0 bridgehead atoms. The molecule has 0 saturated carbocycles. The Morgan fingerprint density at radius 3 is 2.71 bits per heavy atom. The molecule has 0 aliphatic heterocycles. The zero-order chi connectivity index (χ0) is 15.4. The number of rotatable bonds is 4. The molecule has 0 aromatic heterocycles. The molecule has 0 fully saturated rings. The molecule has 21 heavy (non-hydrogen) atoms. The number of carbonyl (C=O) groups excluding carboxylic acids is 1. The number of nitrogens with one attached hydrogen (secondary N) is 1. The Hall–Kier alpha value is -2.07. The molecular formula is C16H15ClFNO2. The van der Waals surface area contributed by atoms with E-state index in [1.165, 1.54) is 12.1 Å². The van der Waals surface area contributed by atoms with E-state index < -0.39 is 5.82 Å². The first-order valence-electron chi connectivity index (χ1n) is 6.40. The number of aryl methyl sites for hydroxylation is 2. The molecule has 0 radical (unpaired) electrons. The summed E-state index contributed by atoms with van der Waals surface area (Å²) in [4.78, 5) is 11.9. The second-order valence-electron chi connectivity index (χ2n) is 4.73. The van der Waals surface area contributed by atoms with Crippen molar-refractivity contribution in [3.05, 3.63) is 58.4 Å². The van der Waals surface area contributed by atoms with Crippen LogP contribution in [-0.2, 0) is 4.79 Å². The molecule has 0 aliphatic carbocycles. The van der Waals surface area contributed by atoms with Crippen LogP contribution in [0.25, 0.3) is 0 Å². The topological polar surface area (TPSA) is 38.3 Å². The highest BCUT2D eigenvalue weighted by Crippen LogP contribution is 2.24. The monoisotopic (exact) mass is 307 g/mol. The van der Waals surface area contributed by atoms with Gasteiger partial charge in [-0.25, -0.2) is 4.39 Å². The normalized spacial score (nSPS) is 10.3. The van der Waals surface area contributed by atoms with Gasteiger partial charge in [0.2, 0.25) is 0 Å². The van der Waals surface area contributed by atoms with E-state index in [4.69, 9.17) is 16.3 Å². The smallest absolute Gasteiger partial charge is 0.262 e. The average Bonchev–Trinajstić information content (AvgIpc) is 2.42. The van der Waals surface area contributed by atoms with Crippen LogP contribution in [0.2, 0.25) is 5.02 Å². The van der Waals surface area contributed by atoms with Crippen molar-refractivity contribution in [3.8, 4) is 5.75 Å². The number of benzene rings is 2. The van der Waals surface area contributed by atoms with Gasteiger partial charge in [0.1, 0.15) is 11.6 Å². The van der Waals surface area contributed by atoms with Gasteiger partial charge in [0.05, 0.1) is 5.02 Å². The lowest BCUT2D eigenvalue weighted by Gasteiger charge is -2.11. The molecule has 0 unspecified atom stereocenters. The predicted molar refractivity (Wildman–Crippen MR) is 81.5 cm³/mol. The second kappa shape index (κ2) is 6.59. The summed E-state index contributed by atoms with van der Waals surface area (Å²) in [5.74, 6) is -0.481. The molecule has 3 nitrogen and oxygen atoms in total. The molecule has 2 rings (SSSR count). The van der Waals surface area contributed by atoms with E-state index in [1.54, 1.807) is 0 Å². The van der Waals surface area contributed by atoms with Crippen LogP contribution in [0.15, 0.2) is 36.4 Å². The largest absolute Gasteiger partial charge is 0.482 e. The van der Waals surface area contributed by atoms with Crippen LogP contribution in [-0.4, -0.2) is 12.5 Å². The molecule has 110 valence electrons. The molecule has 0 saturated heterocycles. The summed E-state index contributed by atoms with van der Waals surface area (Å²) >= 11 is 5.82. The number of carbonyl (C=O) groups is 1. The number of hydrogen-bond donors (Lipinski definition) is 1. The lowest BCUT2D eigenvalue weighted by atomic mass is 10.1. The zero-order valence-electron chi connectivity index (χ0n) is 11.7. The minimum absolute atomic E-state index is 0.134. The predicted octanol–water partition coefficient (Wildman–Crippen LogP) is 4.11. The van der Waals surface area contributed by atoms with Gasteiger partial charge in [0.15, 0.2) is 6.61 Å². The van der Waals surface area contributed by atoms with Crippen LogP contribution in [0.3, 0.4) is 0 Å². The van der Waals surface area contributed by atoms with E-state index in [2.05, 4.69) is 5.32 Å². The quantitative estimate of drug-likeness (QED) is 0.923. The number of ether oxygens (including phenoxy) is 1. The fraction of sp³-hybridized carbons (Fsp3) is 0.188. The van der Waals surface area contributed by atoms with Crippen LogP contribution >= 0.6 is 11.6 Å². The van der Waals surface area contributed by atoms with E-state index in [9.17, 15) is 9.18 Å². The summed E-state index contributed by atoms with van der Waals surface area (Å²) in [5, 5.41) is 2.90. The maximum Gasteiger partial charge on any atom is 0.262 e. The average molecular weight is 308 g/mol. The highest BCUT2D eigenvalue weighted by molar-refractivity contribution is 6.32. The Morgan fingerprint density at radius 2 is 2.00 bits per heavy atom. The molecule has 5 heteroatoms. The van der Waals surface area contributed by atoms with Crippen LogP contribution < -0.4 is 10.1 Å². The number of hydrogen-bond acceptors (Lipinski definition) is 2. The fourth-order valence-electron chi connectivity index (χ4n) is 1.79. The van der Waals surface area contributed by atoms with Gasteiger partial charge in [-0.2, -0.15) is 0 Å². The Bertz CT molecular complexity index is 673. The van der Waals surface area contributed by atoms with E-state index in [0.29, 0.717) is 0 Å². The van der Waals surface area contributed by atoms with E-state index >= 15 is 0 Å². The molecular weight excluding hydrogens is 293 g/mol. The third kappa shape index (κ3) is 4.20. The lowest BCUT2D eigenvalue weighted by Crippen LogP contribution is -2.20. The van der Waals surface area contributed by atoms with Crippen LogP contribution in [0, 0.1) is 19.7 Å². The Balaban J connectivity index is 1.97. The van der Waals surface area contributed by atoms with Gasteiger partial charge >= 0.3 is 0 Å². The highest BCUT2D eigenvalue weighted by Gasteiger charge is 2.08. The molecule has 0 heterocycles. The van der Waals surface area contributed by atoms with Crippen molar-refractivity contribution in [2.45, 2.75) is 13.8 Å². The van der Waals surface area contributed by atoms with E-state index in [1.807, 2.05) is 32.0 Å². The van der Waals surface area contributed by atoms with Crippen molar-refractivity contribution in [1.82, 2.24) is 0 Å². The number of amides is 1.